The lowest BCUT2D eigenvalue weighted by Crippen LogP contribution is -2.43. The highest BCUT2D eigenvalue weighted by Crippen LogP contribution is 2.17. The average molecular weight is 296 g/mol. The lowest BCUT2D eigenvalue weighted by atomic mass is 9.94. The van der Waals surface area contributed by atoms with E-state index < -0.39 is 5.97 Å². The minimum Gasteiger partial charge on any atom is -0.481 e. The Morgan fingerprint density at radius 2 is 2.14 bits per heavy atom. The highest BCUT2D eigenvalue weighted by atomic mass is 16.4. The maximum atomic E-state index is 12.0. The van der Waals surface area contributed by atoms with E-state index in [1.165, 1.54) is 5.57 Å². The van der Waals surface area contributed by atoms with Crippen LogP contribution < -0.4 is 5.32 Å². The zero-order valence-corrected chi connectivity index (χ0v) is 13.2. The molecule has 0 aromatic rings. The van der Waals surface area contributed by atoms with Crippen molar-refractivity contribution in [1.29, 1.82) is 0 Å². The second-order valence-electron chi connectivity index (χ2n) is 5.87. The largest absolute Gasteiger partial charge is 0.481 e. The van der Waals surface area contributed by atoms with Crippen molar-refractivity contribution in [1.82, 2.24) is 10.2 Å². The normalized spacial score (nSPS) is 16.3. The fourth-order valence-electron chi connectivity index (χ4n) is 2.75. The van der Waals surface area contributed by atoms with Crippen molar-refractivity contribution in [3.05, 3.63) is 11.6 Å². The summed E-state index contributed by atoms with van der Waals surface area (Å²) in [6.45, 7) is 6.27. The van der Waals surface area contributed by atoms with Gasteiger partial charge in [0.2, 0.25) is 0 Å². The number of rotatable bonds is 8. The third kappa shape index (κ3) is 7.16. The van der Waals surface area contributed by atoms with Crippen LogP contribution in [0.4, 0.5) is 4.79 Å². The van der Waals surface area contributed by atoms with E-state index in [9.17, 15) is 9.59 Å². The first kappa shape index (κ1) is 17.5. The van der Waals surface area contributed by atoms with Crippen LogP contribution in [0.3, 0.4) is 0 Å². The van der Waals surface area contributed by atoms with Crippen LogP contribution in [0.1, 0.15) is 52.4 Å². The van der Waals surface area contributed by atoms with Crippen LogP contribution in [0.25, 0.3) is 0 Å². The molecule has 1 aliphatic heterocycles. The summed E-state index contributed by atoms with van der Waals surface area (Å²) in [6.07, 6.45) is 6.95. The summed E-state index contributed by atoms with van der Waals surface area (Å²) in [7, 11) is 0. The van der Waals surface area contributed by atoms with E-state index in [1.54, 1.807) is 0 Å². The number of urea groups is 1. The van der Waals surface area contributed by atoms with Crippen molar-refractivity contribution in [2.24, 2.45) is 5.92 Å². The van der Waals surface area contributed by atoms with E-state index in [2.05, 4.69) is 18.3 Å². The fraction of sp³-hybridized carbons (Fsp3) is 0.750. The summed E-state index contributed by atoms with van der Waals surface area (Å²) >= 11 is 0. The molecule has 2 N–H and O–H groups in total. The molecule has 0 saturated heterocycles. The zero-order chi connectivity index (χ0) is 15.7. The number of carboxylic acid groups (broad SMARTS) is 1. The van der Waals surface area contributed by atoms with Gasteiger partial charge in [-0.05, 0) is 32.1 Å². The molecular weight excluding hydrogens is 268 g/mol. The SMILES string of the molecule is CCCC(CCNC(=O)N1CCC=C(C)C1)CCC(=O)O. The maximum Gasteiger partial charge on any atom is 0.317 e. The summed E-state index contributed by atoms with van der Waals surface area (Å²) in [6, 6.07) is -0.00377. The van der Waals surface area contributed by atoms with Gasteiger partial charge in [-0.1, -0.05) is 31.4 Å². The molecule has 21 heavy (non-hydrogen) atoms. The molecule has 0 saturated carbocycles. The monoisotopic (exact) mass is 296 g/mol. The third-order valence-corrected chi connectivity index (χ3v) is 3.91. The number of amides is 2. The van der Waals surface area contributed by atoms with Crippen molar-refractivity contribution in [3.8, 4) is 0 Å². The lowest BCUT2D eigenvalue weighted by Gasteiger charge is -2.26. The standard InChI is InChI=1S/C16H28N2O3/c1-3-5-14(7-8-15(19)20)9-10-17-16(21)18-11-4-6-13(2)12-18/h6,14H,3-5,7-12H2,1-2H3,(H,17,21)(H,19,20). The molecule has 0 aromatic carbocycles. The molecule has 0 fully saturated rings. The molecule has 0 spiro atoms. The summed E-state index contributed by atoms with van der Waals surface area (Å²) < 4.78 is 0. The second-order valence-corrected chi connectivity index (χ2v) is 5.87. The first-order valence-electron chi connectivity index (χ1n) is 7.93. The van der Waals surface area contributed by atoms with Gasteiger partial charge < -0.3 is 15.3 Å². The molecule has 0 radical (unpaired) electrons. The summed E-state index contributed by atoms with van der Waals surface area (Å²) in [5, 5.41) is 11.7. The van der Waals surface area contributed by atoms with Crippen LogP contribution in [0, 0.1) is 5.92 Å². The molecule has 1 rings (SSSR count). The number of hydrogen-bond donors (Lipinski definition) is 2. The van der Waals surface area contributed by atoms with E-state index in [0.717, 1.165) is 32.2 Å². The Labute approximate surface area is 127 Å². The minimum absolute atomic E-state index is 0.00377. The molecule has 120 valence electrons. The first-order chi connectivity index (χ1) is 10.0. The van der Waals surface area contributed by atoms with Gasteiger partial charge in [0.25, 0.3) is 0 Å². The quantitative estimate of drug-likeness (QED) is 0.676. The number of carboxylic acids is 1. The Morgan fingerprint density at radius 3 is 2.76 bits per heavy atom. The number of nitrogens with one attached hydrogen (secondary N) is 1. The number of hydrogen-bond acceptors (Lipinski definition) is 2. The van der Waals surface area contributed by atoms with Crippen molar-refractivity contribution >= 4 is 12.0 Å². The van der Waals surface area contributed by atoms with Gasteiger partial charge >= 0.3 is 12.0 Å². The van der Waals surface area contributed by atoms with Crippen molar-refractivity contribution in [2.75, 3.05) is 19.6 Å². The number of nitrogens with zero attached hydrogens (tertiary/aromatic N) is 1. The topological polar surface area (TPSA) is 69.6 Å². The summed E-state index contributed by atoms with van der Waals surface area (Å²) in [5.41, 5.74) is 1.24. The molecule has 1 atom stereocenters. The lowest BCUT2D eigenvalue weighted by molar-refractivity contribution is -0.137. The predicted octanol–water partition coefficient (Wildman–Crippen LogP) is 3.02. The molecule has 5 nitrogen and oxygen atoms in total. The van der Waals surface area contributed by atoms with Crippen LogP contribution in [0.15, 0.2) is 11.6 Å². The first-order valence-corrected chi connectivity index (χ1v) is 7.93. The molecule has 1 aliphatic rings. The van der Waals surface area contributed by atoms with Crippen LogP contribution in [0.2, 0.25) is 0 Å². The van der Waals surface area contributed by atoms with Gasteiger partial charge in [0, 0.05) is 26.1 Å². The van der Waals surface area contributed by atoms with E-state index >= 15 is 0 Å². The highest BCUT2D eigenvalue weighted by molar-refractivity contribution is 5.74. The van der Waals surface area contributed by atoms with E-state index in [4.69, 9.17) is 5.11 Å². The highest BCUT2D eigenvalue weighted by Gasteiger charge is 2.16. The van der Waals surface area contributed by atoms with Crippen LogP contribution in [-0.2, 0) is 4.79 Å². The number of carbonyl (C=O) groups excluding carboxylic acids is 1. The molecule has 2 amide bonds. The van der Waals surface area contributed by atoms with Gasteiger partial charge in [-0.3, -0.25) is 4.79 Å². The van der Waals surface area contributed by atoms with Gasteiger partial charge in [-0.15, -0.1) is 0 Å². The zero-order valence-electron chi connectivity index (χ0n) is 13.2. The van der Waals surface area contributed by atoms with Gasteiger partial charge in [-0.2, -0.15) is 0 Å². The number of carbonyl (C=O) groups is 2. The van der Waals surface area contributed by atoms with Crippen molar-refractivity contribution in [2.45, 2.75) is 52.4 Å². The van der Waals surface area contributed by atoms with Gasteiger partial charge in [0.15, 0.2) is 0 Å². The molecular formula is C16H28N2O3. The molecule has 1 unspecified atom stereocenters. The third-order valence-electron chi connectivity index (χ3n) is 3.91. The fourth-order valence-corrected chi connectivity index (χ4v) is 2.75. The minimum atomic E-state index is -0.740. The second kappa shape index (κ2) is 9.42. The molecule has 0 aliphatic carbocycles. The summed E-state index contributed by atoms with van der Waals surface area (Å²) in [4.78, 5) is 24.5. The van der Waals surface area contributed by atoms with Crippen molar-refractivity contribution in [3.63, 3.8) is 0 Å². The van der Waals surface area contributed by atoms with Crippen LogP contribution >= 0.6 is 0 Å². The Kier molecular flexibility index (Phi) is 7.87. The van der Waals surface area contributed by atoms with E-state index in [-0.39, 0.29) is 12.5 Å². The predicted molar refractivity (Wildman–Crippen MR) is 83.2 cm³/mol. The molecule has 0 aromatic heterocycles. The average Bonchev–Trinajstić information content (AvgIpc) is 2.44. The Hall–Kier alpha value is -1.52. The Balaban J connectivity index is 2.27. The molecule has 0 bridgehead atoms. The Morgan fingerprint density at radius 1 is 1.38 bits per heavy atom. The smallest absolute Gasteiger partial charge is 0.317 e. The van der Waals surface area contributed by atoms with Crippen LogP contribution in [-0.4, -0.2) is 41.6 Å². The number of aliphatic carboxylic acids is 1. The summed E-state index contributed by atoms with van der Waals surface area (Å²) in [5.74, 6) is -0.356. The molecule has 1 heterocycles. The van der Waals surface area contributed by atoms with Crippen LogP contribution in [0.5, 0.6) is 0 Å². The van der Waals surface area contributed by atoms with Gasteiger partial charge in [-0.25, -0.2) is 4.79 Å². The molecule has 5 heteroatoms. The van der Waals surface area contributed by atoms with Gasteiger partial charge in [0.05, 0.1) is 0 Å². The van der Waals surface area contributed by atoms with Gasteiger partial charge in [0.1, 0.15) is 0 Å². The Bertz CT molecular complexity index is 380. The van der Waals surface area contributed by atoms with E-state index in [0.29, 0.717) is 25.4 Å². The van der Waals surface area contributed by atoms with Crippen molar-refractivity contribution < 1.29 is 14.7 Å². The maximum absolute atomic E-state index is 12.0. The van der Waals surface area contributed by atoms with E-state index in [1.807, 2.05) is 11.8 Å².